The molecule has 1 fully saturated rings. The van der Waals surface area contributed by atoms with Gasteiger partial charge in [-0.05, 0) is 37.3 Å². The molecule has 3 rings (SSSR count). The Labute approximate surface area is 221 Å². The van der Waals surface area contributed by atoms with Crippen molar-refractivity contribution in [3.05, 3.63) is 42.1 Å². The van der Waals surface area contributed by atoms with Gasteiger partial charge in [-0.2, -0.15) is 0 Å². The molecular weight excluding hydrogens is 526 g/mol. The van der Waals surface area contributed by atoms with E-state index in [-0.39, 0.29) is 30.5 Å². The van der Waals surface area contributed by atoms with Crippen LogP contribution in [-0.2, 0) is 19.1 Å². The maximum Gasteiger partial charge on any atom is 0.522 e. The first-order valence-electron chi connectivity index (χ1n) is 12.3. The lowest BCUT2D eigenvalue weighted by atomic mass is 9.95. The summed E-state index contributed by atoms with van der Waals surface area (Å²) in [6.45, 7) is 2.55. The van der Waals surface area contributed by atoms with Gasteiger partial charge in [0.25, 0.3) is 5.91 Å². The average Bonchev–Trinajstić information content (AvgIpc) is 3.50. The molecule has 14 heteroatoms. The third kappa shape index (κ3) is 8.87. The number of aromatic amines is 1. The summed E-state index contributed by atoms with van der Waals surface area (Å²) in [5, 5.41) is 7.49. The summed E-state index contributed by atoms with van der Waals surface area (Å²) >= 11 is 0. The lowest BCUT2D eigenvalue weighted by molar-refractivity contribution is -0.321. The maximum absolute atomic E-state index is 13.5. The van der Waals surface area contributed by atoms with E-state index < -0.39 is 54.4 Å². The molecule has 0 radical (unpaired) electrons. The van der Waals surface area contributed by atoms with Crippen LogP contribution in [0.1, 0.15) is 43.7 Å². The molecule has 3 atom stereocenters. The van der Waals surface area contributed by atoms with E-state index in [0.717, 1.165) is 0 Å². The highest BCUT2D eigenvalue weighted by Crippen LogP contribution is 2.21. The van der Waals surface area contributed by atoms with Crippen molar-refractivity contribution in [2.45, 2.75) is 51.6 Å². The number of ether oxygens (including phenoxy) is 1. The Bertz CT molecular complexity index is 1200. The number of rotatable bonds is 12. The fourth-order valence-electron chi connectivity index (χ4n) is 4.12. The highest BCUT2D eigenvalue weighted by atomic mass is 19.4. The zero-order valence-electron chi connectivity index (χ0n) is 21.2. The molecule has 2 aromatic rings. The SMILES string of the molecule is CC(C)CC(NC(=O)c1ncc(-c2cccc(F)c2)[nH]1)C(=O)NC(C[C@@H]1CCNC1=O)C(=O)COC(F)(F)F. The number of H-pyrrole nitrogens is 1. The summed E-state index contributed by atoms with van der Waals surface area (Å²) in [5.41, 5.74) is 0.797. The van der Waals surface area contributed by atoms with Crippen LogP contribution in [0, 0.1) is 17.7 Å². The predicted octanol–water partition coefficient (Wildman–Crippen LogP) is 2.48. The number of Topliss-reactive ketones (excluding diaryl/α,β-unsaturated/α-hetero) is 1. The molecule has 212 valence electrons. The van der Waals surface area contributed by atoms with E-state index in [0.29, 0.717) is 24.2 Å². The van der Waals surface area contributed by atoms with E-state index in [1.165, 1.54) is 24.4 Å². The first-order chi connectivity index (χ1) is 18.3. The summed E-state index contributed by atoms with van der Waals surface area (Å²) in [7, 11) is 0. The molecule has 2 heterocycles. The number of hydrogen-bond donors (Lipinski definition) is 4. The first kappa shape index (κ1) is 29.7. The Kier molecular flexibility index (Phi) is 9.78. The Hall–Kier alpha value is -3.81. The molecule has 0 saturated carbocycles. The van der Waals surface area contributed by atoms with Crippen molar-refractivity contribution in [3.63, 3.8) is 0 Å². The Morgan fingerprint density at radius 1 is 1.18 bits per heavy atom. The molecule has 1 aromatic carbocycles. The number of hydrogen-bond acceptors (Lipinski definition) is 6. The zero-order valence-corrected chi connectivity index (χ0v) is 21.2. The second-order valence-electron chi connectivity index (χ2n) is 9.59. The van der Waals surface area contributed by atoms with Gasteiger partial charge in [-0.25, -0.2) is 9.37 Å². The zero-order chi connectivity index (χ0) is 28.7. The van der Waals surface area contributed by atoms with Crippen molar-refractivity contribution >= 4 is 23.5 Å². The highest BCUT2D eigenvalue weighted by molar-refractivity contribution is 5.97. The van der Waals surface area contributed by atoms with Gasteiger partial charge in [0.05, 0.1) is 17.9 Å². The number of carbonyl (C=O) groups is 4. The second kappa shape index (κ2) is 12.8. The van der Waals surface area contributed by atoms with Gasteiger partial charge in [0.1, 0.15) is 18.5 Å². The first-order valence-corrected chi connectivity index (χ1v) is 12.3. The van der Waals surface area contributed by atoms with Crippen LogP contribution in [0.25, 0.3) is 11.3 Å². The van der Waals surface area contributed by atoms with Crippen LogP contribution < -0.4 is 16.0 Å². The quantitative estimate of drug-likeness (QED) is 0.297. The normalized spacial score (nSPS) is 17.0. The highest BCUT2D eigenvalue weighted by Gasteiger charge is 2.36. The van der Waals surface area contributed by atoms with Gasteiger partial charge in [0.15, 0.2) is 11.6 Å². The van der Waals surface area contributed by atoms with Gasteiger partial charge in [-0.15, -0.1) is 13.2 Å². The van der Waals surface area contributed by atoms with Gasteiger partial charge in [-0.1, -0.05) is 26.0 Å². The fourth-order valence-corrected chi connectivity index (χ4v) is 4.12. The minimum Gasteiger partial charge on any atom is -0.356 e. The van der Waals surface area contributed by atoms with Gasteiger partial charge in [0.2, 0.25) is 11.8 Å². The number of carbonyl (C=O) groups excluding carboxylic acids is 4. The lowest BCUT2D eigenvalue weighted by Crippen LogP contribution is -2.53. The van der Waals surface area contributed by atoms with Crippen LogP contribution in [0.3, 0.4) is 0 Å². The van der Waals surface area contributed by atoms with E-state index >= 15 is 0 Å². The standard InChI is InChI=1S/C25H29F4N5O5/c1-13(2)8-18(34-24(38)21-31-11-19(32-21)14-4-3-5-16(26)9-14)23(37)33-17(10-15-6-7-30-22(15)36)20(35)12-39-25(27,28)29/h3-5,9,11,13,15,17-18H,6-8,10,12H2,1-2H3,(H,30,36)(H,31,32)(H,33,37)(H,34,38)/t15-,17?,18?/m0/s1. The third-order valence-electron chi connectivity index (χ3n) is 6.02. The second-order valence-corrected chi connectivity index (χ2v) is 9.59. The van der Waals surface area contributed by atoms with Crippen LogP contribution in [0.4, 0.5) is 17.6 Å². The van der Waals surface area contributed by atoms with Crippen LogP contribution in [0.15, 0.2) is 30.5 Å². The molecule has 0 aliphatic carbocycles. The summed E-state index contributed by atoms with van der Waals surface area (Å²) in [6, 6.07) is 2.96. The number of benzene rings is 1. The van der Waals surface area contributed by atoms with Crippen molar-refractivity contribution in [1.82, 2.24) is 25.9 Å². The van der Waals surface area contributed by atoms with E-state index in [1.807, 2.05) is 0 Å². The monoisotopic (exact) mass is 555 g/mol. The van der Waals surface area contributed by atoms with Crippen molar-refractivity contribution in [3.8, 4) is 11.3 Å². The number of amides is 3. The molecule has 3 amide bonds. The lowest BCUT2D eigenvalue weighted by Gasteiger charge is -2.25. The largest absolute Gasteiger partial charge is 0.522 e. The Morgan fingerprint density at radius 2 is 1.92 bits per heavy atom. The third-order valence-corrected chi connectivity index (χ3v) is 6.02. The molecule has 1 aliphatic rings. The van der Waals surface area contributed by atoms with E-state index in [9.17, 15) is 36.7 Å². The molecule has 4 N–H and O–H groups in total. The Morgan fingerprint density at radius 3 is 2.54 bits per heavy atom. The van der Waals surface area contributed by atoms with Gasteiger partial charge < -0.3 is 20.9 Å². The van der Waals surface area contributed by atoms with Crippen molar-refractivity contribution < 1.29 is 41.5 Å². The minimum atomic E-state index is -5.06. The van der Waals surface area contributed by atoms with Gasteiger partial charge in [0, 0.05) is 18.0 Å². The summed E-state index contributed by atoms with van der Waals surface area (Å²) < 4.78 is 54.7. The average molecular weight is 556 g/mol. The molecule has 1 aliphatic heterocycles. The van der Waals surface area contributed by atoms with Crippen molar-refractivity contribution in [2.24, 2.45) is 11.8 Å². The molecule has 1 saturated heterocycles. The van der Waals surface area contributed by atoms with Gasteiger partial charge >= 0.3 is 6.36 Å². The smallest absolute Gasteiger partial charge is 0.356 e. The summed E-state index contributed by atoms with van der Waals surface area (Å²) in [4.78, 5) is 57.4. The molecule has 1 aromatic heterocycles. The maximum atomic E-state index is 13.5. The van der Waals surface area contributed by atoms with Crippen LogP contribution in [-0.4, -0.2) is 65.1 Å². The number of aromatic nitrogens is 2. The van der Waals surface area contributed by atoms with Crippen LogP contribution in [0.2, 0.25) is 0 Å². The fraction of sp³-hybridized carbons (Fsp3) is 0.480. The van der Waals surface area contributed by atoms with Crippen LogP contribution in [0.5, 0.6) is 0 Å². The van der Waals surface area contributed by atoms with E-state index in [4.69, 9.17) is 0 Å². The van der Waals surface area contributed by atoms with Crippen LogP contribution >= 0.6 is 0 Å². The molecule has 0 spiro atoms. The Balaban J connectivity index is 1.74. The molecule has 10 nitrogen and oxygen atoms in total. The van der Waals surface area contributed by atoms with Crippen molar-refractivity contribution in [1.29, 1.82) is 0 Å². The number of nitrogens with zero attached hydrogens (tertiary/aromatic N) is 1. The number of ketones is 1. The van der Waals surface area contributed by atoms with Gasteiger partial charge in [-0.3, -0.25) is 23.9 Å². The summed E-state index contributed by atoms with van der Waals surface area (Å²) in [6.07, 6.45) is -3.50. The predicted molar refractivity (Wildman–Crippen MR) is 129 cm³/mol. The van der Waals surface area contributed by atoms with E-state index in [1.54, 1.807) is 19.9 Å². The molecular formula is C25H29F4N5O5. The number of nitrogens with one attached hydrogen (secondary N) is 4. The topological polar surface area (TPSA) is 142 Å². The molecule has 2 unspecified atom stereocenters. The number of halogens is 4. The van der Waals surface area contributed by atoms with Crippen molar-refractivity contribution in [2.75, 3.05) is 13.2 Å². The summed E-state index contributed by atoms with van der Waals surface area (Å²) in [5.74, 6) is -4.48. The number of imidazole rings is 1. The molecule has 39 heavy (non-hydrogen) atoms. The molecule has 0 bridgehead atoms. The minimum absolute atomic E-state index is 0.108. The van der Waals surface area contributed by atoms with E-state index in [2.05, 4.69) is 30.7 Å². The number of alkyl halides is 3.